The number of ether oxygens (including phenoxy) is 1. The van der Waals surface area contributed by atoms with Gasteiger partial charge in [-0.15, -0.1) is 0 Å². The Bertz CT molecular complexity index is 1110. The summed E-state index contributed by atoms with van der Waals surface area (Å²) in [6, 6.07) is 14.3. The molecule has 0 spiro atoms. The van der Waals surface area contributed by atoms with Crippen LogP contribution in [0.5, 0.6) is 0 Å². The van der Waals surface area contributed by atoms with Gasteiger partial charge in [0.05, 0.1) is 5.56 Å². The van der Waals surface area contributed by atoms with Crippen molar-refractivity contribution in [3.63, 3.8) is 0 Å². The average molecular weight is 451 g/mol. The molecule has 8 nitrogen and oxygen atoms in total. The first-order chi connectivity index (χ1) is 15.4. The van der Waals surface area contributed by atoms with Gasteiger partial charge in [-0.05, 0) is 54.4 Å². The lowest BCUT2D eigenvalue weighted by Crippen LogP contribution is -2.31. The van der Waals surface area contributed by atoms with Crippen molar-refractivity contribution >= 4 is 35.2 Å². The molecule has 0 aliphatic rings. The number of thioether (sulfide) groups is 1. The van der Waals surface area contributed by atoms with Gasteiger partial charge in [0, 0.05) is 31.2 Å². The monoisotopic (exact) mass is 450 g/mol. The molecule has 0 aliphatic carbocycles. The predicted molar refractivity (Wildman–Crippen MR) is 121 cm³/mol. The molecular formula is C23H22N4O4S. The third-order valence-corrected chi connectivity index (χ3v) is 5.40. The summed E-state index contributed by atoms with van der Waals surface area (Å²) in [7, 11) is 0. The van der Waals surface area contributed by atoms with Crippen molar-refractivity contribution in [2.75, 3.05) is 11.9 Å². The number of amides is 2. The molecule has 2 aromatic heterocycles. The van der Waals surface area contributed by atoms with Gasteiger partial charge in [-0.2, -0.15) is 0 Å². The zero-order valence-corrected chi connectivity index (χ0v) is 18.4. The smallest absolute Gasteiger partial charge is 0.303 e. The third kappa shape index (κ3) is 6.64. The molecule has 3 rings (SSSR count). The zero-order chi connectivity index (χ0) is 22.9. The number of hydrogen-bond donors (Lipinski definition) is 2. The van der Waals surface area contributed by atoms with Gasteiger partial charge in [-0.3, -0.25) is 19.4 Å². The van der Waals surface area contributed by atoms with Crippen LogP contribution in [0.15, 0.2) is 72.1 Å². The van der Waals surface area contributed by atoms with E-state index in [9.17, 15) is 14.4 Å². The molecule has 2 amide bonds. The normalized spacial score (nSPS) is 11.3. The number of esters is 1. The first-order valence-electron chi connectivity index (χ1n) is 9.74. The number of hydrogen-bond acceptors (Lipinski definition) is 7. The Morgan fingerprint density at radius 1 is 1.06 bits per heavy atom. The Hall–Kier alpha value is -3.72. The molecule has 3 aromatic rings. The summed E-state index contributed by atoms with van der Waals surface area (Å²) in [5, 5.41) is 5.54. The van der Waals surface area contributed by atoms with Crippen molar-refractivity contribution < 1.29 is 19.1 Å². The van der Waals surface area contributed by atoms with Crippen LogP contribution in [-0.2, 0) is 14.3 Å². The Morgan fingerprint density at radius 3 is 2.56 bits per heavy atom. The zero-order valence-electron chi connectivity index (χ0n) is 17.6. The van der Waals surface area contributed by atoms with Crippen molar-refractivity contribution in [1.29, 1.82) is 0 Å². The van der Waals surface area contributed by atoms with Crippen LogP contribution in [-0.4, -0.2) is 34.4 Å². The van der Waals surface area contributed by atoms with Crippen LogP contribution in [0.2, 0.25) is 0 Å². The summed E-state index contributed by atoms with van der Waals surface area (Å²) in [5.41, 5.74) is 2.82. The first-order valence-corrected chi connectivity index (χ1v) is 10.6. The Balaban J connectivity index is 1.82. The third-order valence-electron chi connectivity index (χ3n) is 4.23. The highest BCUT2D eigenvalue weighted by Crippen LogP contribution is 2.34. The number of aromatic nitrogens is 2. The second kappa shape index (κ2) is 11.1. The van der Waals surface area contributed by atoms with Crippen LogP contribution in [0.1, 0.15) is 33.8 Å². The highest BCUT2D eigenvalue weighted by Gasteiger charge is 2.21. The number of carbonyl (C=O) groups excluding carboxylic acids is 3. The highest BCUT2D eigenvalue weighted by atomic mass is 32.2. The molecule has 1 aromatic carbocycles. The number of benzene rings is 1. The summed E-state index contributed by atoms with van der Waals surface area (Å²) in [4.78, 5) is 44.6. The minimum atomic E-state index is -0.582. The lowest BCUT2D eigenvalue weighted by Gasteiger charge is -2.19. The number of rotatable bonds is 8. The average Bonchev–Trinajstić information content (AvgIpc) is 2.78. The van der Waals surface area contributed by atoms with Gasteiger partial charge >= 0.3 is 5.97 Å². The Morgan fingerprint density at radius 2 is 1.84 bits per heavy atom. The molecule has 1 atom stereocenters. The van der Waals surface area contributed by atoms with Crippen molar-refractivity contribution in [1.82, 2.24) is 15.3 Å². The first kappa shape index (κ1) is 23.0. The van der Waals surface area contributed by atoms with E-state index in [1.54, 1.807) is 42.9 Å². The van der Waals surface area contributed by atoms with E-state index in [1.807, 2.05) is 31.2 Å². The summed E-state index contributed by atoms with van der Waals surface area (Å²) in [6.07, 6.45) is 4.78. The van der Waals surface area contributed by atoms with E-state index in [2.05, 4.69) is 20.6 Å². The van der Waals surface area contributed by atoms with Crippen molar-refractivity contribution in [3.05, 3.63) is 83.8 Å². The summed E-state index contributed by atoms with van der Waals surface area (Å²) >= 11 is 1.20. The van der Waals surface area contributed by atoms with Crippen LogP contribution in [0.25, 0.3) is 0 Å². The van der Waals surface area contributed by atoms with Crippen LogP contribution >= 0.6 is 11.8 Å². The molecule has 0 bridgehead atoms. The van der Waals surface area contributed by atoms with E-state index in [4.69, 9.17) is 4.74 Å². The van der Waals surface area contributed by atoms with Gasteiger partial charge < -0.3 is 15.4 Å². The maximum atomic E-state index is 12.9. The standard InChI is InChI=1S/C23H22N4O4S/c1-15-5-3-6-18(13-15)26-21(30)19-7-4-10-25-23(19)32-22(17-8-11-24-12-9-17)27-20(29)14-31-16(2)28/h3-13,22H,14H2,1-2H3,(H,26,30)(H,27,29). The molecule has 1 unspecified atom stereocenters. The van der Waals surface area contributed by atoms with E-state index in [1.165, 1.54) is 18.7 Å². The summed E-state index contributed by atoms with van der Waals surface area (Å²) < 4.78 is 4.78. The van der Waals surface area contributed by atoms with Crippen molar-refractivity contribution in [3.8, 4) is 0 Å². The minimum Gasteiger partial charge on any atom is -0.456 e. The molecule has 0 aliphatic heterocycles. The lowest BCUT2D eigenvalue weighted by atomic mass is 10.2. The lowest BCUT2D eigenvalue weighted by molar-refractivity contribution is -0.146. The van der Waals surface area contributed by atoms with Gasteiger partial charge in [-0.25, -0.2) is 4.98 Å². The van der Waals surface area contributed by atoms with Crippen LogP contribution in [0.4, 0.5) is 5.69 Å². The molecule has 9 heteroatoms. The molecule has 0 radical (unpaired) electrons. The number of carbonyl (C=O) groups is 3. The van der Waals surface area contributed by atoms with Crippen LogP contribution in [0.3, 0.4) is 0 Å². The molecule has 2 N–H and O–H groups in total. The predicted octanol–water partition coefficient (Wildman–Crippen LogP) is 3.51. The molecule has 0 fully saturated rings. The van der Waals surface area contributed by atoms with Gasteiger partial charge in [0.15, 0.2) is 6.61 Å². The summed E-state index contributed by atoms with van der Waals surface area (Å²) in [5.74, 6) is -1.34. The van der Waals surface area contributed by atoms with Crippen LogP contribution in [0, 0.1) is 6.92 Å². The second-order valence-corrected chi connectivity index (χ2v) is 7.90. The number of aryl methyl sites for hydroxylation is 1. The fourth-order valence-corrected chi connectivity index (χ4v) is 3.88. The molecule has 0 saturated carbocycles. The number of anilines is 1. The van der Waals surface area contributed by atoms with E-state index in [-0.39, 0.29) is 5.91 Å². The van der Waals surface area contributed by atoms with Crippen molar-refractivity contribution in [2.24, 2.45) is 0 Å². The topological polar surface area (TPSA) is 110 Å². The maximum absolute atomic E-state index is 12.9. The Kier molecular flexibility index (Phi) is 7.93. The van der Waals surface area contributed by atoms with E-state index in [0.29, 0.717) is 16.3 Å². The molecule has 0 saturated heterocycles. The van der Waals surface area contributed by atoms with Gasteiger partial charge in [0.2, 0.25) is 0 Å². The largest absolute Gasteiger partial charge is 0.456 e. The maximum Gasteiger partial charge on any atom is 0.303 e. The number of nitrogens with zero attached hydrogens (tertiary/aromatic N) is 2. The molecular weight excluding hydrogens is 428 g/mol. The highest BCUT2D eigenvalue weighted by molar-refractivity contribution is 7.99. The quantitative estimate of drug-likeness (QED) is 0.307. The van der Waals surface area contributed by atoms with Gasteiger partial charge in [0.1, 0.15) is 10.4 Å². The molecule has 32 heavy (non-hydrogen) atoms. The Labute approximate surface area is 189 Å². The van der Waals surface area contributed by atoms with Gasteiger partial charge in [-0.1, -0.05) is 23.9 Å². The summed E-state index contributed by atoms with van der Waals surface area (Å²) in [6.45, 7) is 2.77. The van der Waals surface area contributed by atoms with E-state index >= 15 is 0 Å². The van der Waals surface area contributed by atoms with Crippen LogP contribution < -0.4 is 10.6 Å². The fraction of sp³-hybridized carbons (Fsp3) is 0.174. The van der Waals surface area contributed by atoms with E-state index < -0.39 is 23.9 Å². The van der Waals surface area contributed by atoms with E-state index in [0.717, 1.165) is 11.1 Å². The minimum absolute atomic E-state index is 0.314. The fourth-order valence-electron chi connectivity index (χ4n) is 2.76. The number of nitrogens with one attached hydrogen (secondary N) is 2. The van der Waals surface area contributed by atoms with Gasteiger partial charge in [0.25, 0.3) is 11.8 Å². The second-order valence-electron chi connectivity index (χ2n) is 6.81. The molecule has 164 valence electrons. The number of pyridine rings is 2. The van der Waals surface area contributed by atoms with Crippen molar-refractivity contribution in [2.45, 2.75) is 24.2 Å². The molecule has 2 heterocycles. The SMILES string of the molecule is CC(=O)OCC(=O)NC(Sc1ncccc1C(=O)Nc1cccc(C)c1)c1ccncc1.